The second kappa shape index (κ2) is 5.22. The highest BCUT2D eigenvalue weighted by Crippen LogP contribution is 2.46. The van der Waals surface area contributed by atoms with Crippen LogP contribution in [-0.2, 0) is 9.59 Å². The highest BCUT2D eigenvalue weighted by atomic mass is 16.4. The molecule has 0 atom stereocenters. The molecule has 1 saturated carbocycles. The highest BCUT2D eigenvalue weighted by Gasteiger charge is 2.57. The van der Waals surface area contributed by atoms with Gasteiger partial charge in [0.1, 0.15) is 11.2 Å². The van der Waals surface area contributed by atoms with Crippen LogP contribution in [0, 0.1) is 12.3 Å². The average Bonchev–Trinajstić information content (AvgIpc) is 3.29. The minimum absolute atomic E-state index is 0.388. The summed E-state index contributed by atoms with van der Waals surface area (Å²) >= 11 is 0. The summed E-state index contributed by atoms with van der Waals surface area (Å²) in [5, 5.41) is 11.8. The Labute approximate surface area is 127 Å². The van der Waals surface area contributed by atoms with Crippen LogP contribution in [0.4, 0.5) is 5.69 Å². The summed E-state index contributed by atoms with van der Waals surface area (Å²) in [6, 6.07) is 8.96. The first kappa shape index (κ1) is 14.2. The Morgan fingerprint density at radius 1 is 1.27 bits per heavy atom. The normalized spacial score (nSPS) is 15.1. The highest BCUT2D eigenvalue weighted by molar-refractivity contribution is 6.10. The van der Waals surface area contributed by atoms with Gasteiger partial charge in [-0.05, 0) is 38.0 Å². The predicted molar refractivity (Wildman–Crippen MR) is 80.1 cm³/mol. The van der Waals surface area contributed by atoms with E-state index in [0.29, 0.717) is 24.4 Å². The van der Waals surface area contributed by atoms with Crippen molar-refractivity contribution in [2.24, 2.45) is 5.41 Å². The number of hydrogen-bond acceptors (Lipinski definition) is 4. The Morgan fingerprint density at radius 2 is 2.05 bits per heavy atom. The molecule has 0 saturated heterocycles. The number of rotatable bonds is 4. The lowest BCUT2D eigenvalue weighted by Gasteiger charge is -2.11. The van der Waals surface area contributed by atoms with Gasteiger partial charge in [-0.15, -0.1) is 0 Å². The number of carboxylic acids is 1. The fourth-order valence-electron chi connectivity index (χ4n) is 2.29. The Bertz CT molecular complexity index is 754. The van der Waals surface area contributed by atoms with Gasteiger partial charge in [0.2, 0.25) is 5.91 Å². The molecule has 0 spiro atoms. The lowest BCUT2D eigenvalue weighted by molar-refractivity contribution is -0.147. The van der Waals surface area contributed by atoms with Crippen molar-refractivity contribution in [1.29, 1.82) is 0 Å². The van der Waals surface area contributed by atoms with Crippen LogP contribution in [0.15, 0.2) is 36.5 Å². The molecule has 2 aromatic rings. The molecule has 22 heavy (non-hydrogen) atoms. The van der Waals surface area contributed by atoms with Gasteiger partial charge < -0.3 is 10.4 Å². The van der Waals surface area contributed by atoms with Crippen LogP contribution in [0.1, 0.15) is 18.7 Å². The number of nitrogens with zero attached hydrogens (tertiary/aromatic N) is 2. The van der Waals surface area contributed by atoms with Gasteiger partial charge in [-0.1, -0.05) is 12.1 Å². The summed E-state index contributed by atoms with van der Waals surface area (Å²) in [7, 11) is 0. The molecular weight excluding hydrogens is 282 g/mol. The van der Waals surface area contributed by atoms with E-state index in [4.69, 9.17) is 5.11 Å². The number of amides is 1. The van der Waals surface area contributed by atoms with Crippen molar-refractivity contribution in [3.8, 4) is 11.3 Å². The molecule has 1 heterocycles. The van der Waals surface area contributed by atoms with Crippen LogP contribution in [0.25, 0.3) is 11.3 Å². The van der Waals surface area contributed by atoms with Gasteiger partial charge in [0, 0.05) is 17.4 Å². The number of carboxylic acid groups (broad SMARTS) is 1. The van der Waals surface area contributed by atoms with Crippen LogP contribution >= 0.6 is 0 Å². The SMILES string of the molecule is Cc1nccc(-c2cccc(NC(=O)C3(C(=O)O)CC3)c2)n1. The van der Waals surface area contributed by atoms with E-state index in [-0.39, 0.29) is 0 Å². The zero-order valence-electron chi connectivity index (χ0n) is 12.0. The summed E-state index contributed by atoms with van der Waals surface area (Å²) in [6.07, 6.45) is 2.45. The largest absolute Gasteiger partial charge is 0.480 e. The second-order valence-electron chi connectivity index (χ2n) is 5.41. The molecule has 0 radical (unpaired) electrons. The van der Waals surface area contributed by atoms with Crippen molar-refractivity contribution in [2.75, 3.05) is 5.32 Å². The number of aromatic nitrogens is 2. The quantitative estimate of drug-likeness (QED) is 0.844. The minimum atomic E-state index is -1.25. The first-order valence-electron chi connectivity index (χ1n) is 6.96. The fourth-order valence-corrected chi connectivity index (χ4v) is 2.29. The molecule has 1 aromatic carbocycles. The zero-order chi connectivity index (χ0) is 15.7. The molecule has 2 N–H and O–H groups in total. The first-order valence-corrected chi connectivity index (χ1v) is 6.96. The van der Waals surface area contributed by atoms with E-state index in [1.165, 1.54) is 0 Å². The number of carbonyl (C=O) groups excluding carboxylic acids is 1. The molecule has 0 unspecified atom stereocenters. The maximum Gasteiger partial charge on any atom is 0.319 e. The number of carbonyl (C=O) groups is 2. The number of anilines is 1. The maximum absolute atomic E-state index is 12.1. The minimum Gasteiger partial charge on any atom is -0.480 e. The number of benzene rings is 1. The van der Waals surface area contributed by atoms with Crippen LogP contribution in [0.3, 0.4) is 0 Å². The third-order valence-electron chi connectivity index (χ3n) is 3.79. The summed E-state index contributed by atoms with van der Waals surface area (Å²) in [5.41, 5.74) is 0.902. The van der Waals surface area contributed by atoms with E-state index in [0.717, 1.165) is 11.3 Å². The van der Waals surface area contributed by atoms with Crippen LogP contribution in [0.2, 0.25) is 0 Å². The van der Waals surface area contributed by atoms with Crippen LogP contribution in [-0.4, -0.2) is 27.0 Å². The lowest BCUT2D eigenvalue weighted by atomic mass is 10.1. The Hall–Kier alpha value is -2.76. The fraction of sp³-hybridized carbons (Fsp3) is 0.250. The summed E-state index contributed by atoms with van der Waals surface area (Å²) in [6.45, 7) is 1.80. The molecule has 6 heteroatoms. The number of hydrogen-bond donors (Lipinski definition) is 2. The van der Waals surface area contributed by atoms with Crippen molar-refractivity contribution in [1.82, 2.24) is 9.97 Å². The van der Waals surface area contributed by atoms with Crippen molar-refractivity contribution in [3.63, 3.8) is 0 Å². The number of aryl methyl sites for hydroxylation is 1. The smallest absolute Gasteiger partial charge is 0.319 e. The van der Waals surface area contributed by atoms with E-state index in [1.807, 2.05) is 6.07 Å². The van der Waals surface area contributed by atoms with Gasteiger partial charge in [-0.2, -0.15) is 0 Å². The molecule has 0 bridgehead atoms. The summed E-state index contributed by atoms with van der Waals surface area (Å²) < 4.78 is 0. The third-order valence-corrected chi connectivity index (χ3v) is 3.79. The molecule has 3 rings (SSSR count). The van der Waals surface area contributed by atoms with Crippen molar-refractivity contribution in [2.45, 2.75) is 19.8 Å². The second-order valence-corrected chi connectivity index (χ2v) is 5.41. The zero-order valence-corrected chi connectivity index (χ0v) is 12.0. The van der Waals surface area contributed by atoms with E-state index in [2.05, 4.69) is 15.3 Å². The third kappa shape index (κ3) is 2.55. The molecule has 112 valence electrons. The van der Waals surface area contributed by atoms with E-state index >= 15 is 0 Å². The Morgan fingerprint density at radius 3 is 2.68 bits per heavy atom. The topological polar surface area (TPSA) is 92.2 Å². The molecule has 1 fully saturated rings. The Kier molecular flexibility index (Phi) is 3.36. The van der Waals surface area contributed by atoms with Crippen LogP contribution in [0.5, 0.6) is 0 Å². The molecule has 1 aromatic heterocycles. The summed E-state index contributed by atoms with van der Waals surface area (Å²) in [4.78, 5) is 31.7. The Balaban J connectivity index is 1.83. The predicted octanol–water partition coefficient (Wildman–Crippen LogP) is 2.26. The monoisotopic (exact) mass is 297 g/mol. The van der Waals surface area contributed by atoms with Gasteiger partial charge in [-0.25, -0.2) is 9.97 Å². The summed E-state index contributed by atoms with van der Waals surface area (Å²) in [5.74, 6) is -0.863. The number of aliphatic carboxylic acids is 1. The van der Waals surface area contributed by atoms with E-state index < -0.39 is 17.3 Å². The molecule has 1 amide bonds. The molecular formula is C16H15N3O3. The van der Waals surface area contributed by atoms with Gasteiger partial charge >= 0.3 is 5.97 Å². The molecule has 0 aliphatic heterocycles. The van der Waals surface area contributed by atoms with Gasteiger partial charge in [0.05, 0.1) is 5.69 Å². The van der Waals surface area contributed by atoms with Gasteiger partial charge in [0.15, 0.2) is 0 Å². The van der Waals surface area contributed by atoms with E-state index in [1.54, 1.807) is 37.4 Å². The van der Waals surface area contributed by atoms with Crippen molar-refractivity contribution in [3.05, 3.63) is 42.4 Å². The lowest BCUT2D eigenvalue weighted by Crippen LogP contribution is -2.31. The molecule has 1 aliphatic rings. The molecule has 1 aliphatic carbocycles. The first-order chi connectivity index (χ1) is 10.5. The standard InChI is InChI=1S/C16H15N3O3/c1-10-17-8-5-13(18-10)11-3-2-4-12(9-11)19-14(20)16(6-7-16)15(21)22/h2-5,8-9H,6-7H2,1H3,(H,19,20)(H,21,22). The van der Waals surface area contributed by atoms with E-state index in [9.17, 15) is 9.59 Å². The average molecular weight is 297 g/mol. The van der Waals surface area contributed by atoms with Gasteiger partial charge in [0.25, 0.3) is 0 Å². The van der Waals surface area contributed by atoms with Gasteiger partial charge in [-0.3, -0.25) is 9.59 Å². The van der Waals surface area contributed by atoms with Crippen LogP contribution < -0.4 is 5.32 Å². The van der Waals surface area contributed by atoms with Crippen molar-refractivity contribution < 1.29 is 14.7 Å². The maximum atomic E-state index is 12.1. The van der Waals surface area contributed by atoms with Crippen molar-refractivity contribution >= 4 is 17.6 Å². The molecule has 6 nitrogen and oxygen atoms in total. The number of nitrogens with one attached hydrogen (secondary N) is 1.